The quantitative estimate of drug-likeness (QED) is 0.894. The minimum absolute atomic E-state index is 0.305. The number of nitrogens with zero attached hydrogens (tertiary/aromatic N) is 3. The summed E-state index contributed by atoms with van der Waals surface area (Å²) in [6, 6.07) is 0.305. The number of rotatable bonds is 2. The molecule has 1 aliphatic rings. The Hall–Kier alpha value is -1.37. The van der Waals surface area contributed by atoms with E-state index in [-0.39, 0.29) is 0 Å². The van der Waals surface area contributed by atoms with Gasteiger partial charge >= 0.3 is 6.18 Å². The molecule has 2 heterocycles. The van der Waals surface area contributed by atoms with E-state index >= 15 is 0 Å². The molecule has 106 valence electrons. The van der Waals surface area contributed by atoms with E-state index < -0.39 is 11.7 Å². The molecule has 0 spiro atoms. The van der Waals surface area contributed by atoms with Crippen molar-refractivity contribution in [1.82, 2.24) is 15.3 Å². The summed E-state index contributed by atoms with van der Waals surface area (Å²) >= 11 is 0. The van der Waals surface area contributed by atoms with Gasteiger partial charge in [-0.1, -0.05) is 13.8 Å². The zero-order valence-corrected chi connectivity index (χ0v) is 10.9. The molecule has 1 N–H and O–H groups in total. The minimum Gasteiger partial charge on any atom is -0.338 e. The summed E-state index contributed by atoms with van der Waals surface area (Å²) in [6.07, 6.45) is -2.70. The van der Waals surface area contributed by atoms with E-state index in [0.29, 0.717) is 31.0 Å². The Balaban J connectivity index is 2.10. The van der Waals surface area contributed by atoms with Crippen LogP contribution in [0, 0.1) is 5.92 Å². The summed E-state index contributed by atoms with van der Waals surface area (Å²) in [4.78, 5) is 9.58. The van der Waals surface area contributed by atoms with E-state index in [4.69, 9.17) is 0 Å². The molecule has 0 bridgehead atoms. The highest BCUT2D eigenvalue weighted by Crippen LogP contribution is 2.28. The molecule has 0 saturated carbocycles. The van der Waals surface area contributed by atoms with Gasteiger partial charge < -0.3 is 10.2 Å². The van der Waals surface area contributed by atoms with Gasteiger partial charge in [0.25, 0.3) is 0 Å². The van der Waals surface area contributed by atoms with Crippen LogP contribution in [0.2, 0.25) is 0 Å². The highest BCUT2D eigenvalue weighted by atomic mass is 19.4. The van der Waals surface area contributed by atoms with Crippen molar-refractivity contribution in [2.24, 2.45) is 5.92 Å². The van der Waals surface area contributed by atoms with E-state index in [0.717, 1.165) is 18.9 Å². The van der Waals surface area contributed by atoms with Gasteiger partial charge in [0.2, 0.25) is 5.95 Å². The van der Waals surface area contributed by atoms with Gasteiger partial charge in [0.05, 0.1) is 5.56 Å². The molecule has 0 aliphatic carbocycles. The number of hydrogen-bond donors (Lipinski definition) is 1. The van der Waals surface area contributed by atoms with Crippen LogP contribution in [0.5, 0.6) is 0 Å². The van der Waals surface area contributed by atoms with Crippen molar-refractivity contribution in [2.45, 2.75) is 26.1 Å². The number of hydrogen-bond acceptors (Lipinski definition) is 4. The fourth-order valence-corrected chi connectivity index (χ4v) is 2.04. The fourth-order valence-electron chi connectivity index (χ4n) is 2.04. The fraction of sp³-hybridized carbons (Fsp3) is 0.667. The molecule has 1 aromatic rings. The van der Waals surface area contributed by atoms with Crippen LogP contribution in [0.25, 0.3) is 0 Å². The van der Waals surface area contributed by atoms with Crippen LogP contribution in [-0.4, -0.2) is 35.6 Å². The number of aromatic nitrogens is 2. The van der Waals surface area contributed by atoms with E-state index in [1.165, 1.54) is 0 Å². The zero-order chi connectivity index (χ0) is 14.0. The lowest BCUT2D eigenvalue weighted by Gasteiger charge is -2.35. The predicted molar refractivity (Wildman–Crippen MR) is 65.9 cm³/mol. The molecule has 0 aromatic carbocycles. The zero-order valence-electron chi connectivity index (χ0n) is 10.9. The van der Waals surface area contributed by atoms with Crippen molar-refractivity contribution >= 4 is 5.95 Å². The molecular weight excluding hydrogens is 257 g/mol. The standard InChI is InChI=1S/C12H17F3N4/c1-8(2)10-7-19(4-3-16-10)11-17-5-9(6-18-11)12(13,14)15/h5-6,8,10,16H,3-4,7H2,1-2H3/t10-/m0/s1. The summed E-state index contributed by atoms with van der Waals surface area (Å²) in [5, 5.41) is 3.38. The molecule has 1 aliphatic heterocycles. The number of halogens is 3. The van der Waals surface area contributed by atoms with Crippen molar-refractivity contribution in [2.75, 3.05) is 24.5 Å². The van der Waals surface area contributed by atoms with Gasteiger partial charge in [0.1, 0.15) is 0 Å². The van der Waals surface area contributed by atoms with E-state index in [1.54, 1.807) is 0 Å². The molecule has 0 radical (unpaired) electrons. The first-order valence-corrected chi connectivity index (χ1v) is 6.25. The van der Waals surface area contributed by atoms with Crippen LogP contribution in [0.4, 0.5) is 19.1 Å². The molecule has 7 heteroatoms. The van der Waals surface area contributed by atoms with Gasteiger partial charge in [-0.25, -0.2) is 9.97 Å². The Labute approximate surface area is 110 Å². The second-order valence-corrected chi connectivity index (χ2v) is 5.02. The van der Waals surface area contributed by atoms with Crippen molar-refractivity contribution in [3.05, 3.63) is 18.0 Å². The third-order valence-electron chi connectivity index (χ3n) is 3.26. The first-order valence-electron chi connectivity index (χ1n) is 6.25. The molecule has 1 atom stereocenters. The number of anilines is 1. The molecule has 4 nitrogen and oxygen atoms in total. The Morgan fingerprint density at radius 3 is 2.47 bits per heavy atom. The van der Waals surface area contributed by atoms with Gasteiger partial charge in [-0.2, -0.15) is 13.2 Å². The maximum atomic E-state index is 12.4. The lowest BCUT2D eigenvalue weighted by atomic mass is 10.0. The lowest BCUT2D eigenvalue weighted by molar-refractivity contribution is -0.138. The number of piperazine rings is 1. The summed E-state index contributed by atoms with van der Waals surface area (Å²) in [5.41, 5.74) is -0.813. The molecule has 19 heavy (non-hydrogen) atoms. The number of alkyl halides is 3. The molecule has 1 aromatic heterocycles. The van der Waals surface area contributed by atoms with Crippen LogP contribution >= 0.6 is 0 Å². The van der Waals surface area contributed by atoms with E-state index in [2.05, 4.69) is 29.1 Å². The second kappa shape index (κ2) is 5.32. The van der Waals surface area contributed by atoms with E-state index in [1.807, 2.05) is 4.90 Å². The topological polar surface area (TPSA) is 41.1 Å². The molecule has 1 saturated heterocycles. The minimum atomic E-state index is -4.39. The van der Waals surface area contributed by atoms with Crippen molar-refractivity contribution < 1.29 is 13.2 Å². The average molecular weight is 274 g/mol. The maximum Gasteiger partial charge on any atom is 0.419 e. The van der Waals surface area contributed by atoms with Crippen LogP contribution in [0.1, 0.15) is 19.4 Å². The van der Waals surface area contributed by atoms with Crippen LogP contribution in [-0.2, 0) is 6.18 Å². The highest BCUT2D eigenvalue weighted by Gasteiger charge is 2.32. The Kier molecular flexibility index (Phi) is 3.93. The third kappa shape index (κ3) is 3.34. The molecule has 0 amide bonds. The molecular formula is C12H17F3N4. The third-order valence-corrected chi connectivity index (χ3v) is 3.26. The number of nitrogens with one attached hydrogen (secondary N) is 1. The Bertz CT molecular complexity index is 416. The summed E-state index contributed by atoms with van der Waals surface area (Å²) in [5.74, 6) is 0.817. The predicted octanol–water partition coefficient (Wildman–Crippen LogP) is 1.93. The van der Waals surface area contributed by atoms with Gasteiger partial charge in [-0.3, -0.25) is 0 Å². The van der Waals surface area contributed by atoms with Gasteiger partial charge in [0.15, 0.2) is 0 Å². The van der Waals surface area contributed by atoms with Crippen molar-refractivity contribution in [3.63, 3.8) is 0 Å². The van der Waals surface area contributed by atoms with Gasteiger partial charge in [-0.05, 0) is 5.92 Å². The first-order chi connectivity index (χ1) is 8.88. The summed E-state index contributed by atoms with van der Waals surface area (Å²) in [7, 11) is 0. The summed E-state index contributed by atoms with van der Waals surface area (Å²) < 4.78 is 37.3. The Morgan fingerprint density at radius 1 is 1.32 bits per heavy atom. The van der Waals surface area contributed by atoms with Crippen LogP contribution in [0.3, 0.4) is 0 Å². The summed E-state index contributed by atoms with van der Waals surface area (Å²) in [6.45, 7) is 6.41. The normalized spacial score (nSPS) is 20.9. The smallest absolute Gasteiger partial charge is 0.338 e. The van der Waals surface area contributed by atoms with Crippen LogP contribution < -0.4 is 10.2 Å². The SMILES string of the molecule is CC(C)[C@@H]1CN(c2ncc(C(F)(F)F)cn2)CCN1. The average Bonchev–Trinajstić information content (AvgIpc) is 2.38. The first kappa shape index (κ1) is 14.0. The maximum absolute atomic E-state index is 12.4. The van der Waals surface area contributed by atoms with Crippen LogP contribution in [0.15, 0.2) is 12.4 Å². The van der Waals surface area contributed by atoms with Crippen molar-refractivity contribution in [1.29, 1.82) is 0 Å². The molecule has 2 rings (SSSR count). The Morgan fingerprint density at radius 2 is 1.95 bits per heavy atom. The molecule has 0 unspecified atom stereocenters. The lowest BCUT2D eigenvalue weighted by Crippen LogP contribution is -2.53. The monoisotopic (exact) mass is 274 g/mol. The largest absolute Gasteiger partial charge is 0.419 e. The van der Waals surface area contributed by atoms with Crippen molar-refractivity contribution in [3.8, 4) is 0 Å². The molecule has 1 fully saturated rings. The second-order valence-electron chi connectivity index (χ2n) is 5.02. The van der Waals surface area contributed by atoms with Gasteiger partial charge in [-0.15, -0.1) is 0 Å². The highest BCUT2D eigenvalue weighted by molar-refractivity contribution is 5.31. The van der Waals surface area contributed by atoms with Gasteiger partial charge in [0, 0.05) is 38.1 Å². The van der Waals surface area contributed by atoms with E-state index in [9.17, 15) is 13.2 Å².